The summed E-state index contributed by atoms with van der Waals surface area (Å²) in [4.78, 5) is 12.0. The van der Waals surface area contributed by atoms with Crippen LogP contribution in [0.25, 0.3) is 27.6 Å². The summed E-state index contributed by atoms with van der Waals surface area (Å²) in [5.74, 6) is 0.682. The predicted molar refractivity (Wildman–Crippen MR) is 118 cm³/mol. The van der Waals surface area contributed by atoms with Crippen molar-refractivity contribution in [2.24, 2.45) is 0 Å². The first kappa shape index (κ1) is 17.7. The molecule has 0 aliphatic carbocycles. The summed E-state index contributed by atoms with van der Waals surface area (Å²) in [7, 11) is 0. The minimum atomic E-state index is -0.367. The summed E-state index contributed by atoms with van der Waals surface area (Å²) in [6.07, 6.45) is 2.06. The van der Waals surface area contributed by atoms with Gasteiger partial charge < -0.3 is 19.5 Å². The van der Waals surface area contributed by atoms with Crippen LogP contribution in [-0.2, 0) is 0 Å². The van der Waals surface area contributed by atoms with Gasteiger partial charge in [-0.15, -0.1) is 0 Å². The number of hydrogen-bond acceptors (Lipinski definition) is 4. The van der Waals surface area contributed by atoms with Gasteiger partial charge in [-0.2, -0.15) is 0 Å². The fourth-order valence-corrected chi connectivity index (χ4v) is 4.12. The molecule has 1 aliphatic rings. The summed E-state index contributed by atoms with van der Waals surface area (Å²) in [5.41, 5.74) is 4.53. The number of rotatable bonds is 2. The van der Waals surface area contributed by atoms with E-state index in [0.717, 1.165) is 33.2 Å². The van der Waals surface area contributed by atoms with Crippen LogP contribution in [0.4, 0.5) is 0 Å². The Kier molecular flexibility index (Phi) is 4.03. The Labute approximate surface area is 172 Å². The van der Waals surface area contributed by atoms with Crippen molar-refractivity contribution in [3.63, 3.8) is 0 Å². The molecule has 5 nitrogen and oxygen atoms in total. The highest BCUT2D eigenvalue weighted by molar-refractivity contribution is 7.80. The molecule has 2 N–H and O–H groups in total. The Morgan fingerprint density at radius 2 is 1.83 bits per heavy atom. The minimum absolute atomic E-state index is 0.0653. The first-order chi connectivity index (χ1) is 14.0. The average Bonchev–Trinajstić information content (AvgIpc) is 3.05. The molecule has 0 fully saturated rings. The number of fused-ring (bicyclic) bond motifs is 3. The monoisotopic (exact) mass is 402 g/mol. The van der Waals surface area contributed by atoms with Gasteiger partial charge in [-0.3, -0.25) is 0 Å². The molecule has 3 heterocycles. The lowest BCUT2D eigenvalue weighted by atomic mass is 10.0. The van der Waals surface area contributed by atoms with Crippen molar-refractivity contribution >= 4 is 45.0 Å². The van der Waals surface area contributed by atoms with E-state index in [-0.39, 0.29) is 11.7 Å². The second kappa shape index (κ2) is 6.60. The molecule has 2 aromatic carbocycles. The van der Waals surface area contributed by atoms with Crippen LogP contribution in [0.15, 0.2) is 68.2 Å². The van der Waals surface area contributed by atoms with Gasteiger partial charge in [-0.05, 0) is 55.4 Å². The molecule has 0 spiro atoms. The van der Waals surface area contributed by atoms with E-state index in [0.29, 0.717) is 22.0 Å². The van der Waals surface area contributed by atoms with Crippen LogP contribution in [-0.4, -0.2) is 5.11 Å². The zero-order valence-electron chi connectivity index (χ0n) is 15.9. The molecular formula is C23H18N2O3S. The van der Waals surface area contributed by atoms with Crippen molar-refractivity contribution < 1.29 is 8.83 Å². The van der Waals surface area contributed by atoms with Crippen molar-refractivity contribution in [2.75, 3.05) is 0 Å². The highest BCUT2D eigenvalue weighted by Crippen LogP contribution is 2.36. The molecule has 0 saturated heterocycles. The first-order valence-electron chi connectivity index (χ1n) is 9.32. The molecule has 0 radical (unpaired) electrons. The molecule has 144 valence electrons. The molecular weight excluding hydrogens is 384 g/mol. The first-order valence-corrected chi connectivity index (χ1v) is 9.73. The Morgan fingerprint density at radius 1 is 1.03 bits per heavy atom. The van der Waals surface area contributed by atoms with Gasteiger partial charge in [-0.1, -0.05) is 30.3 Å². The maximum Gasteiger partial charge on any atom is 0.336 e. The molecule has 6 heteroatoms. The van der Waals surface area contributed by atoms with E-state index < -0.39 is 0 Å². The minimum Gasteiger partial charge on any atom is -0.454 e. The second-order valence-corrected chi connectivity index (χ2v) is 7.60. The highest BCUT2D eigenvalue weighted by Gasteiger charge is 2.24. The van der Waals surface area contributed by atoms with Gasteiger partial charge in [0, 0.05) is 17.0 Å². The highest BCUT2D eigenvalue weighted by atomic mass is 32.1. The summed E-state index contributed by atoms with van der Waals surface area (Å²) < 4.78 is 11.7. The van der Waals surface area contributed by atoms with Crippen molar-refractivity contribution in [3.8, 4) is 0 Å². The second-order valence-electron chi connectivity index (χ2n) is 7.19. The third kappa shape index (κ3) is 2.93. The van der Waals surface area contributed by atoms with Crippen LogP contribution in [0.2, 0.25) is 0 Å². The van der Waals surface area contributed by atoms with Crippen molar-refractivity contribution in [2.45, 2.75) is 19.9 Å². The molecule has 29 heavy (non-hydrogen) atoms. The third-order valence-corrected chi connectivity index (χ3v) is 5.50. The van der Waals surface area contributed by atoms with Crippen molar-refractivity contribution in [1.82, 2.24) is 10.6 Å². The zero-order valence-corrected chi connectivity index (χ0v) is 16.7. The van der Waals surface area contributed by atoms with E-state index in [2.05, 4.69) is 28.8 Å². The fraction of sp³-hybridized carbons (Fsp3) is 0.130. The predicted octanol–water partition coefficient (Wildman–Crippen LogP) is 4.72. The fourth-order valence-electron chi connectivity index (χ4n) is 3.88. The number of aryl methyl sites for hydroxylation is 2. The van der Waals surface area contributed by atoms with E-state index in [9.17, 15) is 4.79 Å². The Bertz CT molecular complexity index is 1370. The molecule has 1 aliphatic heterocycles. The largest absolute Gasteiger partial charge is 0.454 e. The van der Waals surface area contributed by atoms with Gasteiger partial charge >= 0.3 is 5.63 Å². The van der Waals surface area contributed by atoms with E-state index in [1.807, 2.05) is 44.2 Å². The van der Waals surface area contributed by atoms with Crippen LogP contribution in [0, 0.1) is 13.8 Å². The van der Waals surface area contributed by atoms with Gasteiger partial charge in [0.05, 0.1) is 17.1 Å². The molecule has 0 amide bonds. The van der Waals surface area contributed by atoms with Crippen LogP contribution in [0.5, 0.6) is 0 Å². The number of hydrogen-bond donors (Lipinski definition) is 2. The molecule has 5 rings (SSSR count). The summed E-state index contributed by atoms with van der Waals surface area (Å²) >= 11 is 5.43. The lowest BCUT2D eigenvalue weighted by Crippen LogP contribution is -2.40. The standard InChI is InChI=1S/C23H18N2O3S/c1-12-10-19(26)28-22-15(12)8-9-18-20(22)13(2)21(27-18)17-11-16(24-23(29)25-17)14-6-4-3-5-7-14/h3-11,16H,1-2H3,(H2,24,25,29). The number of furan rings is 1. The Balaban J connectivity index is 1.71. The van der Waals surface area contributed by atoms with Gasteiger partial charge in [-0.25, -0.2) is 4.79 Å². The lowest BCUT2D eigenvalue weighted by Gasteiger charge is -2.25. The molecule has 1 atom stereocenters. The van der Waals surface area contributed by atoms with E-state index in [1.54, 1.807) is 0 Å². The Hall–Kier alpha value is -3.38. The summed E-state index contributed by atoms with van der Waals surface area (Å²) in [6, 6.07) is 15.4. The molecule has 2 aromatic heterocycles. The van der Waals surface area contributed by atoms with Gasteiger partial charge in [0.15, 0.2) is 10.9 Å². The molecule has 0 saturated carbocycles. The van der Waals surface area contributed by atoms with E-state index >= 15 is 0 Å². The molecule has 0 bridgehead atoms. The maximum atomic E-state index is 12.0. The van der Waals surface area contributed by atoms with Crippen LogP contribution in [0.3, 0.4) is 0 Å². The number of benzene rings is 2. The van der Waals surface area contributed by atoms with Crippen LogP contribution >= 0.6 is 12.2 Å². The Morgan fingerprint density at radius 3 is 2.62 bits per heavy atom. The van der Waals surface area contributed by atoms with Gasteiger partial charge in [0.1, 0.15) is 11.2 Å². The van der Waals surface area contributed by atoms with Crippen LogP contribution in [0.1, 0.15) is 28.5 Å². The number of nitrogens with one attached hydrogen (secondary N) is 2. The SMILES string of the molecule is Cc1cc(=O)oc2c1ccc1oc(C3=CC(c4ccccc4)NC(=S)N3)c(C)c12. The van der Waals surface area contributed by atoms with E-state index in [4.69, 9.17) is 21.1 Å². The quantitative estimate of drug-likeness (QED) is 0.374. The summed E-state index contributed by atoms with van der Waals surface area (Å²) in [6.45, 7) is 3.87. The smallest absolute Gasteiger partial charge is 0.336 e. The van der Waals surface area contributed by atoms with E-state index in [1.165, 1.54) is 6.07 Å². The number of thiocarbonyl (C=S) groups is 1. The maximum absolute atomic E-state index is 12.0. The van der Waals surface area contributed by atoms with Gasteiger partial charge in [0.25, 0.3) is 0 Å². The molecule has 4 aromatic rings. The topological polar surface area (TPSA) is 67.4 Å². The zero-order chi connectivity index (χ0) is 20.1. The van der Waals surface area contributed by atoms with Gasteiger partial charge in [0.2, 0.25) is 0 Å². The van der Waals surface area contributed by atoms with Crippen molar-refractivity contribution in [3.05, 3.63) is 87.5 Å². The van der Waals surface area contributed by atoms with Crippen LogP contribution < -0.4 is 16.3 Å². The normalized spacial score (nSPS) is 16.6. The molecule has 1 unspecified atom stereocenters. The lowest BCUT2D eigenvalue weighted by molar-refractivity contribution is 0.562. The third-order valence-electron chi connectivity index (χ3n) is 5.28. The summed E-state index contributed by atoms with van der Waals surface area (Å²) in [5, 5.41) is 8.71. The average molecular weight is 402 g/mol. The van der Waals surface area contributed by atoms with Crippen molar-refractivity contribution in [1.29, 1.82) is 0 Å².